The molecule has 3 unspecified atom stereocenters. The topological polar surface area (TPSA) is 35.8 Å². The average Bonchev–Trinajstić information content (AvgIpc) is 2.39. The summed E-state index contributed by atoms with van der Waals surface area (Å²) >= 11 is 0. The Balaban J connectivity index is 1.92. The molecule has 0 spiro atoms. The second-order valence-corrected chi connectivity index (χ2v) is 5.81. The Bertz CT molecular complexity index is 478. The van der Waals surface area contributed by atoms with Gasteiger partial charge in [-0.1, -0.05) is 13.8 Å². The molecule has 1 aliphatic rings. The van der Waals surface area contributed by atoms with Gasteiger partial charge in [-0.15, -0.1) is 0 Å². The number of nitrogens with one attached hydrogen (secondary N) is 1. The highest BCUT2D eigenvalue weighted by atomic mass is 19.1. The molecule has 19 heavy (non-hydrogen) atoms. The lowest BCUT2D eigenvalue weighted by molar-refractivity contribution is 0.225. The van der Waals surface area contributed by atoms with Crippen LogP contribution >= 0.6 is 0 Å². The van der Waals surface area contributed by atoms with Crippen LogP contribution in [0.1, 0.15) is 44.2 Å². The Hall–Kier alpha value is -1.40. The van der Waals surface area contributed by atoms with Crippen molar-refractivity contribution < 1.29 is 4.39 Å². The number of benzene rings is 1. The largest absolute Gasteiger partial charge is 0.310 e. The van der Waals surface area contributed by atoms with Crippen molar-refractivity contribution in [1.82, 2.24) is 5.32 Å². The molecule has 2 rings (SSSR count). The number of nitriles is 1. The second-order valence-electron chi connectivity index (χ2n) is 5.81. The fourth-order valence-corrected chi connectivity index (χ4v) is 2.81. The summed E-state index contributed by atoms with van der Waals surface area (Å²) in [5, 5.41) is 12.3. The maximum atomic E-state index is 13.3. The molecule has 1 saturated carbocycles. The third-order valence-electron chi connectivity index (χ3n) is 4.28. The SMILES string of the molecule is CC1CCC(NCc2cc(F)cc(C#N)c2)CC1C. The standard InChI is InChI=1S/C16H21FN2/c1-11-3-4-16(5-12(11)2)19-10-14-6-13(9-18)7-15(17)8-14/h6-8,11-12,16,19H,3-5,10H2,1-2H3. The fraction of sp³-hybridized carbons (Fsp3) is 0.562. The zero-order chi connectivity index (χ0) is 13.8. The minimum atomic E-state index is -0.332. The first kappa shape index (κ1) is 14.0. The molecule has 0 radical (unpaired) electrons. The summed E-state index contributed by atoms with van der Waals surface area (Å²) in [7, 11) is 0. The third-order valence-corrected chi connectivity index (χ3v) is 4.28. The molecule has 2 nitrogen and oxygen atoms in total. The maximum Gasteiger partial charge on any atom is 0.124 e. The summed E-state index contributed by atoms with van der Waals surface area (Å²) in [5.74, 6) is 1.22. The predicted octanol–water partition coefficient (Wildman–Crippen LogP) is 3.61. The number of rotatable bonds is 3. The summed E-state index contributed by atoms with van der Waals surface area (Å²) < 4.78 is 13.3. The molecule has 3 heteroatoms. The summed E-state index contributed by atoms with van der Waals surface area (Å²) in [6.45, 7) is 5.25. The van der Waals surface area contributed by atoms with Gasteiger partial charge in [0.2, 0.25) is 0 Å². The summed E-state index contributed by atoms with van der Waals surface area (Å²) in [6.07, 6.45) is 3.62. The van der Waals surface area contributed by atoms with Crippen LogP contribution in [0.3, 0.4) is 0 Å². The Kier molecular flexibility index (Phi) is 4.55. The zero-order valence-electron chi connectivity index (χ0n) is 11.6. The van der Waals surface area contributed by atoms with Crippen LogP contribution < -0.4 is 5.32 Å². The van der Waals surface area contributed by atoms with E-state index in [1.54, 1.807) is 6.07 Å². The van der Waals surface area contributed by atoms with Crippen molar-refractivity contribution in [3.05, 3.63) is 35.1 Å². The van der Waals surface area contributed by atoms with Gasteiger partial charge in [0, 0.05) is 12.6 Å². The van der Waals surface area contributed by atoms with Crippen LogP contribution in [-0.2, 0) is 6.54 Å². The van der Waals surface area contributed by atoms with E-state index in [0.717, 1.165) is 17.4 Å². The highest BCUT2D eigenvalue weighted by Gasteiger charge is 2.23. The highest BCUT2D eigenvalue weighted by Crippen LogP contribution is 2.29. The molecule has 1 aromatic rings. The van der Waals surface area contributed by atoms with Crippen molar-refractivity contribution in [3.63, 3.8) is 0 Å². The van der Waals surface area contributed by atoms with Crippen molar-refractivity contribution in [2.24, 2.45) is 11.8 Å². The van der Waals surface area contributed by atoms with Gasteiger partial charge in [0.1, 0.15) is 5.82 Å². The van der Waals surface area contributed by atoms with E-state index in [9.17, 15) is 4.39 Å². The van der Waals surface area contributed by atoms with E-state index in [0.29, 0.717) is 18.2 Å². The normalized spacial score (nSPS) is 26.9. The molecule has 1 fully saturated rings. The smallest absolute Gasteiger partial charge is 0.124 e. The van der Waals surface area contributed by atoms with Crippen LogP contribution in [0.25, 0.3) is 0 Å². The van der Waals surface area contributed by atoms with Gasteiger partial charge in [-0.3, -0.25) is 0 Å². The van der Waals surface area contributed by atoms with Gasteiger partial charge in [-0.05, 0) is 54.9 Å². The van der Waals surface area contributed by atoms with Crippen LogP contribution in [0.2, 0.25) is 0 Å². The summed E-state index contributed by atoms with van der Waals surface area (Å²) in [5.41, 5.74) is 1.24. The molecule has 0 bridgehead atoms. The first-order valence-electron chi connectivity index (χ1n) is 7.01. The number of hydrogen-bond donors (Lipinski definition) is 1. The molecule has 1 aromatic carbocycles. The summed E-state index contributed by atoms with van der Waals surface area (Å²) in [4.78, 5) is 0. The van der Waals surface area contributed by atoms with Gasteiger partial charge in [0.25, 0.3) is 0 Å². The van der Waals surface area contributed by atoms with Gasteiger partial charge >= 0.3 is 0 Å². The molecular weight excluding hydrogens is 239 g/mol. The van der Waals surface area contributed by atoms with Crippen LogP contribution in [0.4, 0.5) is 4.39 Å². The highest BCUT2D eigenvalue weighted by molar-refractivity contribution is 5.33. The minimum absolute atomic E-state index is 0.332. The summed E-state index contributed by atoms with van der Waals surface area (Å²) in [6, 6.07) is 7.03. The van der Waals surface area contributed by atoms with E-state index in [4.69, 9.17) is 5.26 Å². The Morgan fingerprint density at radius 2 is 2.05 bits per heavy atom. The van der Waals surface area contributed by atoms with Crippen LogP contribution in [0, 0.1) is 29.0 Å². The zero-order valence-corrected chi connectivity index (χ0v) is 11.6. The van der Waals surface area contributed by atoms with Crippen molar-refractivity contribution in [2.75, 3.05) is 0 Å². The molecule has 0 aliphatic heterocycles. The van der Waals surface area contributed by atoms with Crippen LogP contribution in [0.15, 0.2) is 18.2 Å². The number of halogens is 1. The molecule has 0 amide bonds. The minimum Gasteiger partial charge on any atom is -0.310 e. The number of hydrogen-bond acceptors (Lipinski definition) is 2. The first-order valence-corrected chi connectivity index (χ1v) is 7.01. The molecular formula is C16H21FN2. The lowest BCUT2D eigenvalue weighted by Crippen LogP contribution is -2.35. The van der Waals surface area contributed by atoms with Gasteiger partial charge in [0.15, 0.2) is 0 Å². The van der Waals surface area contributed by atoms with Crippen molar-refractivity contribution in [3.8, 4) is 6.07 Å². The third kappa shape index (κ3) is 3.78. The molecule has 0 aromatic heterocycles. The van der Waals surface area contributed by atoms with E-state index in [1.807, 2.05) is 6.07 Å². The van der Waals surface area contributed by atoms with E-state index in [2.05, 4.69) is 19.2 Å². The van der Waals surface area contributed by atoms with E-state index in [-0.39, 0.29) is 5.82 Å². The maximum absolute atomic E-state index is 13.3. The van der Waals surface area contributed by atoms with Crippen LogP contribution in [0.5, 0.6) is 0 Å². The Morgan fingerprint density at radius 3 is 2.74 bits per heavy atom. The second kappa shape index (κ2) is 6.16. The quantitative estimate of drug-likeness (QED) is 0.901. The molecule has 0 saturated heterocycles. The lowest BCUT2D eigenvalue weighted by Gasteiger charge is -2.32. The predicted molar refractivity (Wildman–Crippen MR) is 73.9 cm³/mol. The molecule has 3 atom stereocenters. The molecule has 102 valence electrons. The van der Waals surface area contributed by atoms with E-state index >= 15 is 0 Å². The molecule has 1 N–H and O–H groups in total. The van der Waals surface area contributed by atoms with Crippen molar-refractivity contribution in [1.29, 1.82) is 5.26 Å². The molecule has 0 heterocycles. The van der Waals surface area contributed by atoms with Crippen LogP contribution in [-0.4, -0.2) is 6.04 Å². The van der Waals surface area contributed by atoms with Gasteiger partial charge in [-0.2, -0.15) is 5.26 Å². The number of nitrogens with zero attached hydrogens (tertiary/aromatic N) is 1. The van der Waals surface area contributed by atoms with E-state index in [1.165, 1.54) is 31.4 Å². The van der Waals surface area contributed by atoms with Gasteiger partial charge in [-0.25, -0.2) is 4.39 Å². The van der Waals surface area contributed by atoms with Gasteiger partial charge < -0.3 is 5.32 Å². The molecule has 1 aliphatic carbocycles. The fourth-order valence-electron chi connectivity index (χ4n) is 2.81. The first-order chi connectivity index (χ1) is 9.08. The van der Waals surface area contributed by atoms with E-state index < -0.39 is 0 Å². The van der Waals surface area contributed by atoms with Gasteiger partial charge in [0.05, 0.1) is 11.6 Å². The van der Waals surface area contributed by atoms with Crippen molar-refractivity contribution >= 4 is 0 Å². The van der Waals surface area contributed by atoms with Crippen molar-refractivity contribution in [2.45, 2.75) is 45.7 Å². The average molecular weight is 260 g/mol. The Labute approximate surface area is 114 Å². The monoisotopic (exact) mass is 260 g/mol. The lowest BCUT2D eigenvalue weighted by atomic mass is 9.79. The Morgan fingerprint density at radius 1 is 1.26 bits per heavy atom.